The zero-order valence-electron chi connectivity index (χ0n) is 17.8. The highest BCUT2D eigenvalue weighted by atomic mass is 32.2. The van der Waals surface area contributed by atoms with Crippen LogP contribution in [0.5, 0.6) is 17.5 Å². The number of hydrogen-bond acceptors (Lipinski definition) is 7. The van der Waals surface area contributed by atoms with Crippen molar-refractivity contribution in [1.82, 2.24) is 14.9 Å². The van der Waals surface area contributed by atoms with Crippen LogP contribution < -0.4 is 9.47 Å². The molecule has 1 aliphatic heterocycles. The van der Waals surface area contributed by atoms with Crippen LogP contribution in [0.15, 0.2) is 29.4 Å². The molecule has 0 saturated carbocycles. The molecule has 0 radical (unpaired) electrons. The van der Waals surface area contributed by atoms with Crippen LogP contribution in [-0.2, 0) is 14.6 Å². The molecule has 1 amide bonds. The first-order chi connectivity index (χ1) is 14.7. The van der Waals surface area contributed by atoms with Gasteiger partial charge in [0.15, 0.2) is 21.4 Å². The number of ether oxygens (including phenoxy) is 2. The van der Waals surface area contributed by atoms with E-state index in [0.29, 0.717) is 43.8 Å². The van der Waals surface area contributed by atoms with Gasteiger partial charge in [0.2, 0.25) is 17.7 Å². The van der Waals surface area contributed by atoms with Crippen LogP contribution in [0.1, 0.15) is 38.2 Å². The monoisotopic (exact) mass is 451 g/mol. The molecular formula is C21H26FN3O5S. The molecule has 0 unspecified atom stereocenters. The van der Waals surface area contributed by atoms with E-state index in [4.69, 9.17) is 9.47 Å². The van der Waals surface area contributed by atoms with E-state index in [9.17, 15) is 17.6 Å². The Bertz CT molecular complexity index is 1050. The van der Waals surface area contributed by atoms with E-state index in [0.717, 1.165) is 18.7 Å². The van der Waals surface area contributed by atoms with Gasteiger partial charge in [-0.2, -0.15) is 0 Å². The van der Waals surface area contributed by atoms with Crippen molar-refractivity contribution < 1.29 is 27.1 Å². The van der Waals surface area contributed by atoms with Crippen molar-refractivity contribution in [2.24, 2.45) is 0 Å². The van der Waals surface area contributed by atoms with Crippen molar-refractivity contribution in [2.45, 2.75) is 50.5 Å². The smallest absolute Gasteiger partial charge is 0.229 e. The molecule has 1 fully saturated rings. The van der Waals surface area contributed by atoms with Crippen molar-refractivity contribution in [3.8, 4) is 17.5 Å². The summed E-state index contributed by atoms with van der Waals surface area (Å²) in [7, 11) is -3.52. The SMILES string of the molecule is CCCC(=O)N1CCC(Oc2ncnc(Oc3ccc(S(C)(=O)=O)cc3F)c2C)CC1. The lowest BCUT2D eigenvalue weighted by molar-refractivity contribution is -0.133. The number of sulfone groups is 1. The highest BCUT2D eigenvalue weighted by Gasteiger charge is 2.25. The highest BCUT2D eigenvalue weighted by Crippen LogP contribution is 2.31. The minimum atomic E-state index is -3.52. The largest absolute Gasteiger partial charge is 0.474 e. The Morgan fingerprint density at radius 3 is 2.52 bits per heavy atom. The molecule has 10 heteroatoms. The topological polar surface area (TPSA) is 98.7 Å². The van der Waals surface area contributed by atoms with Gasteiger partial charge in [-0.05, 0) is 31.5 Å². The Hall–Kier alpha value is -2.75. The van der Waals surface area contributed by atoms with E-state index >= 15 is 0 Å². The standard InChI is InChI=1S/C21H26FN3O5S/c1-4-5-19(26)25-10-8-15(9-11-25)29-20-14(2)21(24-13-23-20)30-18-7-6-16(12-17(18)22)31(3,27)28/h6-7,12-13,15H,4-5,8-11H2,1-3H3. The average molecular weight is 452 g/mol. The number of halogens is 1. The number of piperidine rings is 1. The Morgan fingerprint density at radius 1 is 1.23 bits per heavy atom. The maximum absolute atomic E-state index is 14.3. The molecule has 2 aromatic rings. The Kier molecular flexibility index (Phi) is 7.09. The first-order valence-electron chi connectivity index (χ1n) is 10.1. The molecule has 3 rings (SSSR count). The second-order valence-corrected chi connectivity index (χ2v) is 9.54. The van der Waals surface area contributed by atoms with Gasteiger partial charge in [-0.15, -0.1) is 0 Å². The number of benzene rings is 1. The lowest BCUT2D eigenvalue weighted by Gasteiger charge is -2.32. The van der Waals surface area contributed by atoms with E-state index in [1.54, 1.807) is 6.92 Å². The van der Waals surface area contributed by atoms with Gasteiger partial charge in [0.1, 0.15) is 12.4 Å². The molecule has 0 aliphatic carbocycles. The predicted octanol–water partition coefficient (Wildman–Crippen LogP) is 3.29. The maximum Gasteiger partial charge on any atom is 0.229 e. The lowest BCUT2D eigenvalue weighted by Crippen LogP contribution is -2.41. The summed E-state index contributed by atoms with van der Waals surface area (Å²) in [4.78, 5) is 21.9. The van der Waals surface area contributed by atoms with Gasteiger partial charge in [0.25, 0.3) is 0 Å². The fourth-order valence-corrected chi connectivity index (χ4v) is 3.93. The maximum atomic E-state index is 14.3. The van der Waals surface area contributed by atoms with E-state index in [-0.39, 0.29) is 28.5 Å². The summed E-state index contributed by atoms with van der Waals surface area (Å²) in [5, 5.41) is 0. The van der Waals surface area contributed by atoms with Gasteiger partial charge < -0.3 is 14.4 Å². The number of nitrogens with zero attached hydrogens (tertiary/aromatic N) is 3. The van der Waals surface area contributed by atoms with Gasteiger partial charge in [-0.1, -0.05) is 6.92 Å². The van der Waals surface area contributed by atoms with E-state index in [1.807, 2.05) is 11.8 Å². The van der Waals surface area contributed by atoms with Crippen LogP contribution in [0.3, 0.4) is 0 Å². The number of aromatic nitrogens is 2. The van der Waals surface area contributed by atoms with Gasteiger partial charge >= 0.3 is 0 Å². The molecule has 1 aromatic carbocycles. The normalized spacial score (nSPS) is 15.0. The molecule has 0 N–H and O–H groups in total. The molecule has 31 heavy (non-hydrogen) atoms. The van der Waals surface area contributed by atoms with Gasteiger partial charge in [0, 0.05) is 38.6 Å². The minimum Gasteiger partial charge on any atom is -0.474 e. The number of carbonyl (C=O) groups is 1. The van der Waals surface area contributed by atoms with Crippen LogP contribution in [0, 0.1) is 12.7 Å². The van der Waals surface area contributed by atoms with Gasteiger partial charge in [0.05, 0.1) is 10.5 Å². The third-order valence-corrected chi connectivity index (χ3v) is 6.18. The van der Waals surface area contributed by atoms with Crippen LogP contribution in [0.2, 0.25) is 0 Å². The van der Waals surface area contributed by atoms with E-state index in [2.05, 4.69) is 9.97 Å². The minimum absolute atomic E-state index is 0.0992. The van der Waals surface area contributed by atoms with Crippen molar-refractivity contribution in [1.29, 1.82) is 0 Å². The lowest BCUT2D eigenvalue weighted by atomic mass is 10.1. The molecule has 0 spiro atoms. The summed E-state index contributed by atoms with van der Waals surface area (Å²) in [6.07, 6.45) is 4.94. The molecule has 8 nitrogen and oxygen atoms in total. The zero-order valence-corrected chi connectivity index (χ0v) is 18.6. The predicted molar refractivity (Wildman–Crippen MR) is 111 cm³/mol. The molecule has 0 atom stereocenters. The number of amides is 1. The highest BCUT2D eigenvalue weighted by molar-refractivity contribution is 7.90. The summed E-state index contributed by atoms with van der Waals surface area (Å²) in [6, 6.07) is 3.43. The van der Waals surface area contributed by atoms with Crippen LogP contribution in [-0.4, -0.2) is 54.6 Å². The Morgan fingerprint density at radius 2 is 1.90 bits per heavy atom. The molecule has 1 aromatic heterocycles. The molecule has 1 saturated heterocycles. The van der Waals surface area contributed by atoms with Gasteiger partial charge in [-0.25, -0.2) is 22.8 Å². The second kappa shape index (κ2) is 9.59. The van der Waals surface area contributed by atoms with Crippen molar-refractivity contribution in [3.63, 3.8) is 0 Å². The third-order valence-electron chi connectivity index (χ3n) is 5.07. The van der Waals surface area contributed by atoms with Crippen LogP contribution in [0.4, 0.5) is 4.39 Å². The molecule has 2 heterocycles. The number of likely N-dealkylation sites (tertiary alicyclic amines) is 1. The van der Waals surface area contributed by atoms with Crippen LogP contribution in [0.25, 0.3) is 0 Å². The Labute approximate surface area is 181 Å². The molecule has 1 aliphatic rings. The summed E-state index contributed by atoms with van der Waals surface area (Å²) < 4.78 is 49.0. The first-order valence-corrected chi connectivity index (χ1v) is 12.0. The molecule has 0 bridgehead atoms. The van der Waals surface area contributed by atoms with Crippen molar-refractivity contribution in [3.05, 3.63) is 35.9 Å². The van der Waals surface area contributed by atoms with Crippen LogP contribution >= 0.6 is 0 Å². The fraction of sp³-hybridized carbons (Fsp3) is 0.476. The summed E-state index contributed by atoms with van der Waals surface area (Å²) in [5.41, 5.74) is 0.499. The summed E-state index contributed by atoms with van der Waals surface area (Å²) >= 11 is 0. The Balaban J connectivity index is 1.68. The quantitative estimate of drug-likeness (QED) is 0.637. The summed E-state index contributed by atoms with van der Waals surface area (Å²) in [6.45, 7) is 4.95. The molecule has 168 valence electrons. The number of rotatable bonds is 7. The van der Waals surface area contributed by atoms with E-state index in [1.165, 1.54) is 18.5 Å². The molecular weight excluding hydrogens is 425 g/mol. The van der Waals surface area contributed by atoms with Crippen molar-refractivity contribution >= 4 is 15.7 Å². The summed E-state index contributed by atoms with van der Waals surface area (Å²) in [5.74, 6) is -0.350. The zero-order chi connectivity index (χ0) is 22.6. The first kappa shape index (κ1) is 22.9. The average Bonchev–Trinajstić information content (AvgIpc) is 2.72. The van der Waals surface area contributed by atoms with Gasteiger partial charge in [-0.3, -0.25) is 4.79 Å². The third kappa shape index (κ3) is 5.69. The van der Waals surface area contributed by atoms with Crippen molar-refractivity contribution in [2.75, 3.05) is 19.3 Å². The fourth-order valence-electron chi connectivity index (χ4n) is 3.29. The number of hydrogen-bond donors (Lipinski definition) is 0. The number of carbonyl (C=O) groups excluding carboxylic acids is 1. The van der Waals surface area contributed by atoms with E-state index < -0.39 is 15.7 Å². The second-order valence-electron chi connectivity index (χ2n) is 7.52.